The molecule has 1 atom stereocenters. The molecule has 22 heavy (non-hydrogen) atoms. The summed E-state index contributed by atoms with van der Waals surface area (Å²) in [5, 5.41) is 7.70. The average Bonchev–Trinajstić information content (AvgIpc) is 3.07. The van der Waals surface area contributed by atoms with Gasteiger partial charge in [0.1, 0.15) is 11.9 Å². The molecule has 114 valence electrons. The molecule has 1 saturated heterocycles. The van der Waals surface area contributed by atoms with Gasteiger partial charge in [-0.25, -0.2) is 0 Å². The second-order valence-corrected chi connectivity index (χ2v) is 5.08. The number of rotatable bonds is 4. The Morgan fingerprint density at radius 3 is 3.14 bits per heavy atom. The summed E-state index contributed by atoms with van der Waals surface area (Å²) in [6, 6.07) is 7.14. The van der Waals surface area contributed by atoms with E-state index < -0.39 is 0 Å². The Morgan fingerprint density at radius 1 is 1.41 bits per heavy atom. The number of nitrogens with zero attached hydrogens (tertiary/aromatic N) is 3. The maximum Gasteiger partial charge on any atom is 0.246 e. The zero-order chi connectivity index (χ0) is 15.2. The summed E-state index contributed by atoms with van der Waals surface area (Å²) in [6.07, 6.45) is 8.15. The predicted molar refractivity (Wildman–Crippen MR) is 80.0 cm³/mol. The van der Waals surface area contributed by atoms with Crippen molar-refractivity contribution in [3.8, 4) is 5.88 Å². The number of furan rings is 1. The lowest BCUT2D eigenvalue weighted by Crippen LogP contribution is -2.43. The number of piperidine rings is 1. The van der Waals surface area contributed by atoms with Crippen molar-refractivity contribution in [2.45, 2.75) is 18.9 Å². The van der Waals surface area contributed by atoms with Crippen molar-refractivity contribution in [1.29, 1.82) is 0 Å². The van der Waals surface area contributed by atoms with Gasteiger partial charge in [-0.15, -0.1) is 5.10 Å². The van der Waals surface area contributed by atoms with Crippen molar-refractivity contribution in [1.82, 2.24) is 15.1 Å². The highest BCUT2D eigenvalue weighted by Gasteiger charge is 2.24. The number of hydrogen-bond donors (Lipinski definition) is 0. The van der Waals surface area contributed by atoms with Crippen molar-refractivity contribution in [3.63, 3.8) is 0 Å². The highest BCUT2D eigenvalue weighted by Crippen LogP contribution is 2.16. The SMILES string of the molecule is O=C(C=Cc1ccco1)N1CCCC(Oc2cccnn2)C1. The van der Waals surface area contributed by atoms with Crippen LogP contribution in [0.25, 0.3) is 6.08 Å². The number of carbonyl (C=O) groups excluding carboxylic acids is 1. The van der Waals surface area contributed by atoms with E-state index in [1.165, 1.54) is 6.08 Å². The normalized spacial score (nSPS) is 18.5. The summed E-state index contributed by atoms with van der Waals surface area (Å²) >= 11 is 0. The predicted octanol–water partition coefficient (Wildman–Crippen LogP) is 2.15. The van der Waals surface area contributed by atoms with Gasteiger partial charge in [0.15, 0.2) is 0 Å². The molecule has 0 N–H and O–H groups in total. The Morgan fingerprint density at radius 2 is 2.36 bits per heavy atom. The van der Waals surface area contributed by atoms with Gasteiger partial charge in [0.2, 0.25) is 11.8 Å². The van der Waals surface area contributed by atoms with Crippen LogP contribution >= 0.6 is 0 Å². The van der Waals surface area contributed by atoms with Gasteiger partial charge in [-0.3, -0.25) is 4.79 Å². The smallest absolute Gasteiger partial charge is 0.246 e. The van der Waals surface area contributed by atoms with Crippen molar-refractivity contribution in [3.05, 3.63) is 48.6 Å². The van der Waals surface area contributed by atoms with E-state index in [0.29, 0.717) is 18.2 Å². The van der Waals surface area contributed by atoms with Crippen molar-refractivity contribution in [2.24, 2.45) is 0 Å². The topological polar surface area (TPSA) is 68.5 Å². The van der Waals surface area contributed by atoms with Gasteiger partial charge in [-0.2, -0.15) is 5.10 Å². The van der Waals surface area contributed by atoms with Gasteiger partial charge in [0.05, 0.1) is 12.8 Å². The fraction of sp³-hybridized carbons (Fsp3) is 0.312. The van der Waals surface area contributed by atoms with E-state index in [-0.39, 0.29) is 12.0 Å². The fourth-order valence-electron chi connectivity index (χ4n) is 2.40. The zero-order valence-corrected chi connectivity index (χ0v) is 12.1. The van der Waals surface area contributed by atoms with E-state index in [1.807, 2.05) is 0 Å². The molecule has 0 saturated carbocycles. The summed E-state index contributed by atoms with van der Waals surface area (Å²) in [5.41, 5.74) is 0. The molecule has 6 heteroatoms. The number of amides is 1. The summed E-state index contributed by atoms with van der Waals surface area (Å²) in [4.78, 5) is 14.0. The number of carbonyl (C=O) groups is 1. The van der Waals surface area contributed by atoms with E-state index in [1.54, 1.807) is 47.7 Å². The maximum absolute atomic E-state index is 12.2. The molecule has 0 spiro atoms. The van der Waals surface area contributed by atoms with Gasteiger partial charge in [0.25, 0.3) is 0 Å². The van der Waals surface area contributed by atoms with Crippen LogP contribution in [0.3, 0.4) is 0 Å². The lowest BCUT2D eigenvalue weighted by atomic mass is 10.1. The molecule has 1 fully saturated rings. The first-order chi connectivity index (χ1) is 10.8. The molecule has 2 aromatic rings. The monoisotopic (exact) mass is 299 g/mol. The molecule has 1 aliphatic heterocycles. The van der Waals surface area contributed by atoms with E-state index in [2.05, 4.69) is 10.2 Å². The van der Waals surface area contributed by atoms with Crippen LogP contribution in [0, 0.1) is 0 Å². The first kappa shape index (κ1) is 14.3. The molecule has 0 aliphatic carbocycles. The van der Waals surface area contributed by atoms with Gasteiger partial charge in [-0.1, -0.05) is 0 Å². The first-order valence-electron chi connectivity index (χ1n) is 7.26. The third kappa shape index (κ3) is 3.72. The molecular formula is C16H17N3O3. The highest BCUT2D eigenvalue weighted by atomic mass is 16.5. The molecule has 0 aromatic carbocycles. The number of hydrogen-bond acceptors (Lipinski definition) is 5. The highest BCUT2D eigenvalue weighted by molar-refractivity contribution is 5.91. The fourth-order valence-corrected chi connectivity index (χ4v) is 2.40. The number of aromatic nitrogens is 2. The van der Waals surface area contributed by atoms with Crippen LogP contribution in [-0.4, -0.2) is 40.2 Å². The van der Waals surface area contributed by atoms with Gasteiger partial charge < -0.3 is 14.1 Å². The summed E-state index contributed by atoms with van der Waals surface area (Å²) in [7, 11) is 0. The van der Waals surface area contributed by atoms with Crippen LogP contribution in [0.5, 0.6) is 5.88 Å². The van der Waals surface area contributed by atoms with E-state index in [4.69, 9.17) is 9.15 Å². The minimum atomic E-state index is -0.0496. The van der Waals surface area contributed by atoms with Crippen LogP contribution in [0.2, 0.25) is 0 Å². The van der Waals surface area contributed by atoms with E-state index in [9.17, 15) is 4.79 Å². The second-order valence-electron chi connectivity index (χ2n) is 5.08. The molecule has 3 heterocycles. The Kier molecular flexibility index (Phi) is 4.48. The molecule has 1 unspecified atom stereocenters. The molecule has 2 aromatic heterocycles. The van der Waals surface area contributed by atoms with Crippen LogP contribution in [0.15, 0.2) is 47.2 Å². The zero-order valence-electron chi connectivity index (χ0n) is 12.1. The Labute approximate surface area is 128 Å². The van der Waals surface area contributed by atoms with Crippen LogP contribution in [-0.2, 0) is 4.79 Å². The van der Waals surface area contributed by atoms with Gasteiger partial charge in [-0.05, 0) is 37.1 Å². The minimum absolute atomic E-state index is 0.0381. The Hall–Kier alpha value is -2.63. The number of ether oxygens (including phenoxy) is 1. The Balaban J connectivity index is 1.57. The maximum atomic E-state index is 12.2. The van der Waals surface area contributed by atoms with Crippen LogP contribution in [0.4, 0.5) is 0 Å². The van der Waals surface area contributed by atoms with Crippen molar-refractivity contribution in [2.75, 3.05) is 13.1 Å². The molecule has 0 bridgehead atoms. The number of likely N-dealkylation sites (tertiary alicyclic amines) is 1. The van der Waals surface area contributed by atoms with Crippen molar-refractivity contribution < 1.29 is 13.9 Å². The van der Waals surface area contributed by atoms with Crippen molar-refractivity contribution >= 4 is 12.0 Å². The third-order valence-corrected chi connectivity index (χ3v) is 3.46. The third-order valence-electron chi connectivity index (χ3n) is 3.46. The standard InChI is InChI=1S/C16H17N3O3/c20-16(8-7-13-5-3-11-21-13)19-10-2-4-14(12-19)22-15-6-1-9-17-18-15/h1,3,5-9,11,14H,2,4,10,12H2. The lowest BCUT2D eigenvalue weighted by Gasteiger charge is -2.31. The molecule has 1 aliphatic rings. The summed E-state index contributed by atoms with van der Waals surface area (Å²) < 4.78 is 10.9. The Bertz CT molecular complexity index is 625. The molecular weight excluding hydrogens is 282 g/mol. The van der Waals surface area contributed by atoms with E-state index in [0.717, 1.165) is 19.4 Å². The summed E-state index contributed by atoms with van der Waals surface area (Å²) in [6.45, 7) is 1.29. The summed E-state index contributed by atoms with van der Waals surface area (Å²) in [5.74, 6) is 1.12. The quantitative estimate of drug-likeness (QED) is 0.809. The minimum Gasteiger partial charge on any atom is -0.471 e. The largest absolute Gasteiger partial charge is 0.471 e. The molecule has 1 amide bonds. The van der Waals surface area contributed by atoms with Gasteiger partial charge in [0, 0.05) is 24.9 Å². The van der Waals surface area contributed by atoms with Gasteiger partial charge >= 0.3 is 0 Å². The van der Waals surface area contributed by atoms with Crippen LogP contribution < -0.4 is 4.74 Å². The van der Waals surface area contributed by atoms with Crippen LogP contribution in [0.1, 0.15) is 18.6 Å². The van der Waals surface area contributed by atoms with E-state index >= 15 is 0 Å². The lowest BCUT2D eigenvalue weighted by molar-refractivity contribution is -0.128. The molecule has 0 radical (unpaired) electrons. The first-order valence-corrected chi connectivity index (χ1v) is 7.26. The molecule has 6 nitrogen and oxygen atoms in total. The average molecular weight is 299 g/mol. The second kappa shape index (κ2) is 6.89. The molecule has 3 rings (SSSR count).